The molecule has 2 rings (SSSR count). The Balaban J connectivity index is 2.26. The second-order valence-electron chi connectivity index (χ2n) is 5.12. The van der Waals surface area contributed by atoms with E-state index in [4.69, 9.17) is 17.3 Å². The van der Waals surface area contributed by atoms with Crippen LogP contribution in [0.3, 0.4) is 0 Å². The second-order valence-corrected chi connectivity index (χ2v) is 5.56. The van der Waals surface area contributed by atoms with Gasteiger partial charge in [0, 0.05) is 10.9 Å². The first kappa shape index (κ1) is 14.1. The third kappa shape index (κ3) is 3.59. The van der Waals surface area contributed by atoms with Gasteiger partial charge in [-0.1, -0.05) is 47.5 Å². The highest BCUT2D eigenvalue weighted by Gasteiger charge is 2.12. The highest BCUT2D eigenvalue weighted by Crippen LogP contribution is 2.24. The summed E-state index contributed by atoms with van der Waals surface area (Å²) < 4.78 is 0. The Bertz CT molecular complexity index is 563. The maximum absolute atomic E-state index is 6.06. The Kier molecular flexibility index (Phi) is 4.62. The van der Waals surface area contributed by atoms with E-state index in [0.29, 0.717) is 12.5 Å². The van der Waals surface area contributed by atoms with Crippen LogP contribution in [0.4, 0.5) is 0 Å². The van der Waals surface area contributed by atoms with E-state index in [-0.39, 0.29) is 0 Å². The Hall–Kier alpha value is -1.31. The Morgan fingerprint density at radius 3 is 2.58 bits per heavy atom. The summed E-state index contributed by atoms with van der Waals surface area (Å²) in [5, 5.41) is 0.775. The van der Waals surface area contributed by atoms with Gasteiger partial charge in [-0.05, 0) is 55.6 Å². The minimum atomic E-state index is 0.319. The molecule has 0 fully saturated rings. The molecule has 0 aromatic heterocycles. The summed E-state index contributed by atoms with van der Waals surface area (Å²) in [5.74, 6) is 0.319. The van der Waals surface area contributed by atoms with Crippen LogP contribution in [0.2, 0.25) is 5.02 Å². The molecule has 19 heavy (non-hydrogen) atoms. The zero-order chi connectivity index (χ0) is 13.8. The van der Waals surface area contributed by atoms with E-state index in [1.54, 1.807) is 0 Å². The van der Waals surface area contributed by atoms with Crippen LogP contribution in [-0.4, -0.2) is 6.54 Å². The molecule has 0 amide bonds. The van der Waals surface area contributed by atoms with Crippen molar-refractivity contribution < 1.29 is 0 Å². The summed E-state index contributed by atoms with van der Waals surface area (Å²) in [7, 11) is 0. The third-order valence-corrected chi connectivity index (χ3v) is 3.81. The molecular formula is C17H20ClN. The molecule has 1 nitrogen and oxygen atoms in total. The monoisotopic (exact) mass is 273 g/mol. The third-order valence-electron chi connectivity index (χ3n) is 3.58. The minimum Gasteiger partial charge on any atom is -0.330 e. The van der Waals surface area contributed by atoms with Crippen LogP contribution < -0.4 is 5.73 Å². The molecule has 2 N–H and O–H groups in total. The number of benzene rings is 2. The SMILES string of the molecule is Cc1ccc(C)c(CC(CN)c2cccc(Cl)c2)c1. The van der Waals surface area contributed by atoms with Gasteiger partial charge in [-0.15, -0.1) is 0 Å². The number of nitrogens with two attached hydrogens (primary N) is 1. The van der Waals surface area contributed by atoms with E-state index in [2.05, 4.69) is 38.1 Å². The van der Waals surface area contributed by atoms with E-state index in [0.717, 1.165) is 11.4 Å². The van der Waals surface area contributed by atoms with Crippen molar-refractivity contribution >= 4 is 11.6 Å². The van der Waals surface area contributed by atoms with E-state index in [1.165, 1.54) is 22.3 Å². The predicted molar refractivity (Wildman–Crippen MR) is 82.9 cm³/mol. The molecule has 0 heterocycles. The summed E-state index contributed by atoms with van der Waals surface area (Å²) in [6, 6.07) is 14.6. The van der Waals surface area contributed by atoms with Gasteiger partial charge in [-0.2, -0.15) is 0 Å². The van der Waals surface area contributed by atoms with E-state index < -0.39 is 0 Å². The minimum absolute atomic E-state index is 0.319. The highest BCUT2D eigenvalue weighted by atomic mass is 35.5. The van der Waals surface area contributed by atoms with Gasteiger partial charge < -0.3 is 5.73 Å². The van der Waals surface area contributed by atoms with Crippen molar-refractivity contribution in [3.05, 3.63) is 69.7 Å². The summed E-state index contributed by atoms with van der Waals surface area (Å²) in [6.07, 6.45) is 0.963. The topological polar surface area (TPSA) is 26.0 Å². The fraction of sp³-hybridized carbons (Fsp3) is 0.294. The molecule has 0 radical (unpaired) electrons. The molecule has 0 bridgehead atoms. The molecule has 0 saturated heterocycles. The molecule has 0 spiro atoms. The molecular weight excluding hydrogens is 254 g/mol. The summed E-state index contributed by atoms with van der Waals surface area (Å²) in [5.41, 5.74) is 11.2. The number of halogens is 1. The molecule has 1 unspecified atom stereocenters. The Morgan fingerprint density at radius 2 is 1.89 bits per heavy atom. The first-order valence-corrected chi connectivity index (χ1v) is 6.99. The maximum atomic E-state index is 6.06. The van der Waals surface area contributed by atoms with E-state index in [9.17, 15) is 0 Å². The molecule has 0 aliphatic heterocycles. The largest absolute Gasteiger partial charge is 0.330 e. The predicted octanol–water partition coefficient (Wildman–Crippen LogP) is 4.24. The Labute approximate surface area is 120 Å². The van der Waals surface area contributed by atoms with Crippen molar-refractivity contribution in [1.29, 1.82) is 0 Å². The van der Waals surface area contributed by atoms with Crippen molar-refractivity contribution in [2.45, 2.75) is 26.2 Å². The molecule has 2 aromatic carbocycles. The van der Waals surface area contributed by atoms with Gasteiger partial charge in [-0.3, -0.25) is 0 Å². The van der Waals surface area contributed by atoms with Gasteiger partial charge in [0.05, 0.1) is 0 Å². The average Bonchev–Trinajstić information content (AvgIpc) is 2.39. The van der Waals surface area contributed by atoms with Crippen molar-refractivity contribution in [3.8, 4) is 0 Å². The standard InChI is InChI=1S/C17H20ClN/c1-12-6-7-13(2)15(8-12)9-16(11-19)14-4-3-5-17(18)10-14/h3-8,10,16H,9,11,19H2,1-2H3. The molecule has 100 valence electrons. The fourth-order valence-corrected chi connectivity index (χ4v) is 2.58. The van der Waals surface area contributed by atoms with Crippen LogP contribution in [-0.2, 0) is 6.42 Å². The normalized spacial score (nSPS) is 12.4. The van der Waals surface area contributed by atoms with Gasteiger partial charge in [0.25, 0.3) is 0 Å². The van der Waals surface area contributed by atoms with Crippen LogP contribution in [0.25, 0.3) is 0 Å². The van der Waals surface area contributed by atoms with Crippen LogP contribution in [0, 0.1) is 13.8 Å². The lowest BCUT2D eigenvalue weighted by Crippen LogP contribution is -2.15. The smallest absolute Gasteiger partial charge is 0.0408 e. The van der Waals surface area contributed by atoms with Gasteiger partial charge in [-0.25, -0.2) is 0 Å². The van der Waals surface area contributed by atoms with E-state index >= 15 is 0 Å². The maximum Gasteiger partial charge on any atom is 0.0408 e. The van der Waals surface area contributed by atoms with Gasteiger partial charge in [0.15, 0.2) is 0 Å². The highest BCUT2D eigenvalue weighted by molar-refractivity contribution is 6.30. The molecule has 0 aliphatic rings. The average molecular weight is 274 g/mol. The lowest BCUT2D eigenvalue weighted by Gasteiger charge is -2.17. The number of hydrogen-bond donors (Lipinski definition) is 1. The summed E-state index contributed by atoms with van der Waals surface area (Å²) >= 11 is 6.06. The first-order valence-electron chi connectivity index (χ1n) is 6.62. The summed E-state index contributed by atoms with van der Waals surface area (Å²) in [4.78, 5) is 0. The van der Waals surface area contributed by atoms with Crippen molar-refractivity contribution in [3.63, 3.8) is 0 Å². The zero-order valence-electron chi connectivity index (χ0n) is 11.5. The van der Waals surface area contributed by atoms with Crippen molar-refractivity contribution in [2.75, 3.05) is 6.54 Å². The fourth-order valence-electron chi connectivity index (χ4n) is 2.38. The van der Waals surface area contributed by atoms with Gasteiger partial charge in [0.2, 0.25) is 0 Å². The van der Waals surface area contributed by atoms with Crippen LogP contribution in [0.1, 0.15) is 28.2 Å². The van der Waals surface area contributed by atoms with Crippen LogP contribution in [0.5, 0.6) is 0 Å². The van der Waals surface area contributed by atoms with Crippen molar-refractivity contribution in [1.82, 2.24) is 0 Å². The summed E-state index contributed by atoms with van der Waals surface area (Å²) in [6.45, 7) is 4.91. The molecule has 2 heteroatoms. The van der Waals surface area contributed by atoms with Gasteiger partial charge in [0.1, 0.15) is 0 Å². The zero-order valence-corrected chi connectivity index (χ0v) is 12.2. The molecule has 0 saturated carbocycles. The molecule has 2 aromatic rings. The number of aryl methyl sites for hydroxylation is 2. The van der Waals surface area contributed by atoms with Crippen LogP contribution >= 0.6 is 11.6 Å². The van der Waals surface area contributed by atoms with Gasteiger partial charge >= 0.3 is 0 Å². The van der Waals surface area contributed by atoms with Crippen LogP contribution in [0.15, 0.2) is 42.5 Å². The second kappa shape index (κ2) is 6.23. The quantitative estimate of drug-likeness (QED) is 0.886. The van der Waals surface area contributed by atoms with Crippen molar-refractivity contribution in [2.24, 2.45) is 5.73 Å². The van der Waals surface area contributed by atoms with E-state index in [1.807, 2.05) is 18.2 Å². The number of hydrogen-bond acceptors (Lipinski definition) is 1. The molecule has 1 atom stereocenters. The molecule has 0 aliphatic carbocycles. The Morgan fingerprint density at radius 1 is 1.11 bits per heavy atom. The first-order chi connectivity index (χ1) is 9.10. The lowest BCUT2D eigenvalue weighted by atomic mass is 9.89. The lowest BCUT2D eigenvalue weighted by molar-refractivity contribution is 0.691. The number of rotatable bonds is 4.